The van der Waals surface area contributed by atoms with Crippen LogP contribution in [0.4, 0.5) is 5.69 Å². The van der Waals surface area contributed by atoms with Crippen LogP contribution in [-0.2, 0) is 21.7 Å². The third kappa shape index (κ3) is 1.79. The maximum atomic E-state index is 10.9. The average Bonchev–Trinajstić information content (AvgIpc) is 2.76. The normalized spacial score (nSPS) is 21.6. The molecule has 1 spiro atoms. The quantitative estimate of drug-likeness (QED) is 0.566. The Hall–Kier alpha value is -1.46. The predicted molar refractivity (Wildman–Crippen MR) is 64.2 cm³/mol. The molecule has 0 unspecified atom stereocenters. The maximum absolute atomic E-state index is 10.9. The molecule has 18 heavy (non-hydrogen) atoms. The van der Waals surface area contributed by atoms with Gasteiger partial charge in [-0.2, -0.15) is 0 Å². The first-order chi connectivity index (χ1) is 8.71. The van der Waals surface area contributed by atoms with Crippen LogP contribution in [0, 0.1) is 10.1 Å². The summed E-state index contributed by atoms with van der Waals surface area (Å²) in [6, 6.07) is 5.02. The Morgan fingerprint density at radius 2 is 2.00 bits per heavy atom. The highest BCUT2D eigenvalue weighted by Gasteiger charge is 2.41. The van der Waals surface area contributed by atoms with Crippen LogP contribution in [0.3, 0.4) is 0 Å². The van der Waals surface area contributed by atoms with Crippen molar-refractivity contribution in [2.45, 2.75) is 31.5 Å². The summed E-state index contributed by atoms with van der Waals surface area (Å²) < 4.78 is 11.6. The molecule has 96 valence electrons. The van der Waals surface area contributed by atoms with E-state index in [1.807, 2.05) is 6.07 Å². The van der Waals surface area contributed by atoms with E-state index >= 15 is 0 Å². The third-order valence-electron chi connectivity index (χ3n) is 3.67. The molecular formula is C13H15NO4. The fraction of sp³-hybridized carbons (Fsp3) is 0.538. The van der Waals surface area contributed by atoms with Crippen LogP contribution >= 0.6 is 0 Å². The molecule has 5 nitrogen and oxygen atoms in total. The number of nitro benzene ring substituents is 1. The third-order valence-corrected chi connectivity index (χ3v) is 3.67. The summed E-state index contributed by atoms with van der Waals surface area (Å²) in [5.74, 6) is -0.738. The van der Waals surface area contributed by atoms with Crippen molar-refractivity contribution in [1.29, 1.82) is 0 Å². The molecule has 1 aliphatic carbocycles. The summed E-state index contributed by atoms with van der Waals surface area (Å²) in [7, 11) is 0. The van der Waals surface area contributed by atoms with E-state index in [1.165, 1.54) is 0 Å². The Kier molecular flexibility index (Phi) is 2.80. The Labute approximate surface area is 105 Å². The van der Waals surface area contributed by atoms with Gasteiger partial charge in [0.25, 0.3) is 5.69 Å². The molecule has 0 N–H and O–H groups in total. The molecule has 1 aromatic carbocycles. The molecular weight excluding hydrogens is 234 g/mol. The number of nitro groups is 1. The SMILES string of the molecule is O=[N+]([O-])c1ccc2c(c1)C1(CCCC2)OCCO1. The summed E-state index contributed by atoms with van der Waals surface area (Å²) in [5.41, 5.74) is 2.07. The van der Waals surface area contributed by atoms with Gasteiger partial charge < -0.3 is 9.47 Å². The van der Waals surface area contributed by atoms with E-state index in [2.05, 4.69) is 0 Å². The first-order valence-electron chi connectivity index (χ1n) is 6.27. The molecule has 0 radical (unpaired) electrons. The van der Waals surface area contributed by atoms with E-state index < -0.39 is 5.79 Å². The van der Waals surface area contributed by atoms with Gasteiger partial charge in [-0.25, -0.2) is 0 Å². The summed E-state index contributed by atoms with van der Waals surface area (Å²) in [4.78, 5) is 10.5. The number of nitrogens with zero attached hydrogens (tertiary/aromatic N) is 1. The van der Waals surface area contributed by atoms with E-state index in [0.29, 0.717) is 13.2 Å². The number of ether oxygens (including phenoxy) is 2. The Balaban J connectivity index is 2.11. The summed E-state index contributed by atoms with van der Waals surface area (Å²) in [6.07, 6.45) is 3.80. The molecule has 0 bridgehead atoms. The van der Waals surface area contributed by atoms with Crippen LogP contribution in [0.25, 0.3) is 0 Å². The van der Waals surface area contributed by atoms with Gasteiger partial charge in [0.2, 0.25) is 0 Å². The lowest BCUT2D eigenvalue weighted by atomic mass is 9.97. The number of aryl methyl sites for hydroxylation is 1. The molecule has 1 saturated heterocycles. The Bertz CT molecular complexity index is 480. The van der Waals surface area contributed by atoms with Crippen molar-refractivity contribution in [3.63, 3.8) is 0 Å². The monoisotopic (exact) mass is 249 g/mol. The highest BCUT2D eigenvalue weighted by atomic mass is 16.7. The van der Waals surface area contributed by atoms with Gasteiger partial charge in [-0.3, -0.25) is 10.1 Å². The topological polar surface area (TPSA) is 61.6 Å². The summed E-state index contributed by atoms with van der Waals surface area (Å²) in [6.45, 7) is 1.12. The molecule has 0 amide bonds. The van der Waals surface area contributed by atoms with Crippen molar-refractivity contribution in [3.8, 4) is 0 Å². The van der Waals surface area contributed by atoms with Gasteiger partial charge in [-0.05, 0) is 24.8 Å². The van der Waals surface area contributed by atoms with E-state index in [-0.39, 0.29) is 10.6 Å². The zero-order valence-electron chi connectivity index (χ0n) is 10.1. The minimum Gasteiger partial charge on any atom is -0.343 e. The summed E-state index contributed by atoms with van der Waals surface area (Å²) >= 11 is 0. The van der Waals surface area contributed by atoms with E-state index in [9.17, 15) is 10.1 Å². The van der Waals surface area contributed by atoms with Crippen LogP contribution < -0.4 is 0 Å². The second-order valence-corrected chi connectivity index (χ2v) is 4.76. The minimum absolute atomic E-state index is 0.106. The van der Waals surface area contributed by atoms with Crippen molar-refractivity contribution in [2.75, 3.05) is 13.2 Å². The van der Waals surface area contributed by atoms with Crippen molar-refractivity contribution in [1.82, 2.24) is 0 Å². The van der Waals surface area contributed by atoms with Crippen LogP contribution in [0.2, 0.25) is 0 Å². The van der Waals surface area contributed by atoms with Crippen LogP contribution in [0.5, 0.6) is 0 Å². The largest absolute Gasteiger partial charge is 0.343 e. The maximum Gasteiger partial charge on any atom is 0.269 e. The fourth-order valence-corrected chi connectivity index (χ4v) is 2.81. The van der Waals surface area contributed by atoms with E-state index in [4.69, 9.17) is 9.47 Å². The molecule has 1 heterocycles. The van der Waals surface area contributed by atoms with Crippen molar-refractivity contribution in [3.05, 3.63) is 39.4 Å². The molecule has 5 heteroatoms. The molecule has 1 aliphatic heterocycles. The Morgan fingerprint density at radius 1 is 1.22 bits per heavy atom. The highest BCUT2D eigenvalue weighted by molar-refractivity contribution is 5.43. The molecule has 1 fully saturated rings. The minimum atomic E-state index is -0.738. The highest BCUT2D eigenvalue weighted by Crippen LogP contribution is 2.42. The second-order valence-electron chi connectivity index (χ2n) is 4.76. The molecule has 0 aromatic heterocycles. The number of non-ortho nitro benzene ring substituents is 1. The lowest BCUT2D eigenvalue weighted by molar-refractivity contribution is -0.385. The first kappa shape index (κ1) is 11.6. The van der Waals surface area contributed by atoms with Crippen molar-refractivity contribution >= 4 is 5.69 Å². The van der Waals surface area contributed by atoms with E-state index in [1.54, 1.807) is 12.1 Å². The molecule has 2 aliphatic rings. The molecule has 3 rings (SSSR count). The van der Waals surface area contributed by atoms with Crippen molar-refractivity contribution in [2.24, 2.45) is 0 Å². The van der Waals surface area contributed by atoms with Gasteiger partial charge in [0, 0.05) is 24.1 Å². The number of rotatable bonds is 1. The lowest BCUT2D eigenvalue weighted by Gasteiger charge is -2.27. The number of hydrogen-bond donors (Lipinski definition) is 0. The zero-order valence-corrected chi connectivity index (χ0v) is 10.1. The zero-order chi connectivity index (χ0) is 12.6. The van der Waals surface area contributed by atoms with Crippen LogP contribution in [0.15, 0.2) is 18.2 Å². The number of hydrogen-bond acceptors (Lipinski definition) is 4. The van der Waals surface area contributed by atoms with Crippen LogP contribution in [-0.4, -0.2) is 18.1 Å². The van der Waals surface area contributed by atoms with Gasteiger partial charge >= 0.3 is 0 Å². The summed E-state index contributed by atoms with van der Waals surface area (Å²) in [5, 5.41) is 10.9. The first-order valence-corrected chi connectivity index (χ1v) is 6.27. The Morgan fingerprint density at radius 3 is 2.72 bits per heavy atom. The molecule has 1 aromatic rings. The average molecular weight is 249 g/mol. The smallest absolute Gasteiger partial charge is 0.269 e. The predicted octanol–water partition coefficient (Wildman–Crippen LogP) is 2.52. The van der Waals surface area contributed by atoms with Gasteiger partial charge in [0.1, 0.15) is 0 Å². The molecule has 0 atom stereocenters. The van der Waals surface area contributed by atoms with Crippen molar-refractivity contribution < 1.29 is 14.4 Å². The second kappa shape index (κ2) is 4.33. The molecule has 0 saturated carbocycles. The van der Waals surface area contributed by atoms with Gasteiger partial charge in [-0.1, -0.05) is 6.07 Å². The standard InChI is InChI=1S/C13H15NO4/c15-14(16)11-5-4-10-3-1-2-6-13(12(10)9-11)17-7-8-18-13/h4-5,9H,1-3,6-8H2. The van der Waals surface area contributed by atoms with E-state index in [0.717, 1.165) is 36.8 Å². The fourth-order valence-electron chi connectivity index (χ4n) is 2.81. The van der Waals surface area contributed by atoms with Gasteiger partial charge in [0.05, 0.1) is 18.1 Å². The number of fused-ring (bicyclic) bond motifs is 2. The van der Waals surface area contributed by atoms with Gasteiger partial charge in [-0.15, -0.1) is 0 Å². The number of benzene rings is 1. The lowest BCUT2D eigenvalue weighted by Crippen LogP contribution is -2.27. The van der Waals surface area contributed by atoms with Gasteiger partial charge in [0.15, 0.2) is 5.79 Å². The van der Waals surface area contributed by atoms with Crippen LogP contribution in [0.1, 0.15) is 30.4 Å².